The molecular formula is C22H23ClN2O3S2. The van der Waals surface area contributed by atoms with Gasteiger partial charge >= 0.3 is 0 Å². The standard InChI is InChI=1S/C22H23ClN2O3S2/c1-2-28-17-9-7-16(8-10-17)20-15-29-22(24-20)25-13-11-18(12-14-25)30(26,27)21-6-4-3-5-19(21)23/h3-10,15,18H,2,11-14H2,1H3. The number of aromatic nitrogens is 1. The van der Waals surface area contributed by atoms with Crippen molar-refractivity contribution in [1.29, 1.82) is 0 Å². The Morgan fingerprint density at radius 3 is 2.50 bits per heavy atom. The van der Waals surface area contributed by atoms with Crippen LogP contribution in [0.3, 0.4) is 0 Å². The zero-order valence-electron chi connectivity index (χ0n) is 16.6. The smallest absolute Gasteiger partial charge is 0.185 e. The summed E-state index contributed by atoms with van der Waals surface area (Å²) < 4.78 is 31.5. The van der Waals surface area contributed by atoms with Crippen LogP contribution >= 0.6 is 22.9 Å². The molecule has 3 aromatic rings. The molecule has 8 heteroatoms. The Morgan fingerprint density at radius 2 is 1.83 bits per heavy atom. The molecule has 0 atom stereocenters. The first-order valence-electron chi connectivity index (χ1n) is 9.91. The number of rotatable bonds is 6. The Balaban J connectivity index is 1.43. The van der Waals surface area contributed by atoms with E-state index >= 15 is 0 Å². The van der Waals surface area contributed by atoms with Gasteiger partial charge in [0.2, 0.25) is 0 Å². The number of halogens is 1. The lowest BCUT2D eigenvalue weighted by Gasteiger charge is -2.31. The van der Waals surface area contributed by atoms with Crippen LogP contribution < -0.4 is 9.64 Å². The van der Waals surface area contributed by atoms with Gasteiger partial charge in [0.05, 0.1) is 27.5 Å². The molecule has 1 aliphatic heterocycles. The maximum Gasteiger partial charge on any atom is 0.185 e. The minimum atomic E-state index is -3.43. The highest BCUT2D eigenvalue weighted by Gasteiger charge is 2.33. The summed E-state index contributed by atoms with van der Waals surface area (Å²) in [6, 6.07) is 14.6. The fourth-order valence-electron chi connectivity index (χ4n) is 3.64. The first kappa shape index (κ1) is 21.2. The number of hydrogen-bond donors (Lipinski definition) is 0. The molecule has 30 heavy (non-hydrogen) atoms. The lowest BCUT2D eigenvalue weighted by atomic mass is 10.1. The molecule has 2 aromatic carbocycles. The van der Waals surface area contributed by atoms with Crippen molar-refractivity contribution >= 4 is 37.9 Å². The molecule has 0 bridgehead atoms. The SMILES string of the molecule is CCOc1ccc(-c2csc(N3CCC(S(=O)(=O)c4ccccc4Cl)CC3)n2)cc1. The second-order valence-corrected chi connectivity index (χ2v) is 10.6. The first-order valence-corrected chi connectivity index (χ1v) is 12.7. The van der Waals surface area contributed by atoms with Gasteiger partial charge in [0.1, 0.15) is 5.75 Å². The van der Waals surface area contributed by atoms with Crippen LogP contribution in [0.25, 0.3) is 11.3 Å². The maximum atomic E-state index is 13.0. The Morgan fingerprint density at radius 1 is 1.13 bits per heavy atom. The number of ether oxygens (including phenoxy) is 1. The molecule has 0 amide bonds. The summed E-state index contributed by atoms with van der Waals surface area (Å²) >= 11 is 7.72. The summed E-state index contributed by atoms with van der Waals surface area (Å²) in [5, 5.41) is 2.84. The van der Waals surface area contributed by atoms with Gasteiger partial charge in [-0.05, 0) is 56.2 Å². The van der Waals surface area contributed by atoms with Gasteiger partial charge in [-0.15, -0.1) is 11.3 Å². The van der Waals surface area contributed by atoms with Crippen molar-refractivity contribution in [2.45, 2.75) is 29.9 Å². The number of nitrogens with zero attached hydrogens (tertiary/aromatic N) is 2. The predicted octanol–water partition coefficient (Wildman–Crippen LogP) is 5.30. The minimum Gasteiger partial charge on any atom is -0.494 e. The van der Waals surface area contributed by atoms with Crippen LogP contribution in [-0.4, -0.2) is 38.3 Å². The first-order chi connectivity index (χ1) is 14.5. The fraction of sp³-hybridized carbons (Fsp3) is 0.318. The van der Waals surface area contributed by atoms with Gasteiger partial charge in [0.25, 0.3) is 0 Å². The van der Waals surface area contributed by atoms with Crippen molar-refractivity contribution in [2.75, 3.05) is 24.6 Å². The molecule has 0 saturated carbocycles. The average Bonchev–Trinajstić information content (AvgIpc) is 3.25. The van der Waals surface area contributed by atoms with Crippen molar-refractivity contribution in [3.8, 4) is 17.0 Å². The summed E-state index contributed by atoms with van der Waals surface area (Å²) in [7, 11) is -3.43. The molecule has 0 aliphatic carbocycles. The van der Waals surface area contributed by atoms with Crippen molar-refractivity contribution in [3.05, 3.63) is 58.9 Å². The van der Waals surface area contributed by atoms with E-state index in [4.69, 9.17) is 21.3 Å². The molecule has 0 N–H and O–H groups in total. The number of sulfone groups is 1. The van der Waals surface area contributed by atoms with Gasteiger partial charge in [-0.1, -0.05) is 23.7 Å². The van der Waals surface area contributed by atoms with Gasteiger partial charge in [-0.2, -0.15) is 0 Å². The van der Waals surface area contributed by atoms with Crippen LogP contribution in [0.2, 0.25) is 5.02 Å². The largest absolute Gasteiger partial charge is 0.494 e. The Labute approximate surface area is 186 Å². The monoisotopic (exact) mass is 462 g/mol. The molecule has 2 heterocycles. The lowest BCUT2D eigenvalue weighted by Crippen LogP contribution is -2.39. The summed E-state index contributed by atoms with van der Waals surface area (Å²) in [5.74, 6) is 0.846. The molecular weight excluding hydrogens is 440 g/mol. The van der Waals surface area contributed by atoms with E-state index in [1.54, 1.807) is 35.6 Å². The van der Waals surface area contributed by atoms with Crippen LogP contribution in [0.4, 0.5) is 5.13 Å². The number of hydrogen-bond acceptors (Lipinski definition) is 6. The highest BCUT2D eigenvalue weighted by Crippen LogP contribution is 2.33. The molecule has 0 spiro atoms. The molecule has 1 fully saturated rings. The van der Waals surface area contributed by atoms with E-state index in [2.05, 4.69) is 4.90 Å². The molecule has 1 aliphatic rings. The highest BCUT2D eigenvalue weighted by atomic mass is 35.5. The van der Waals surface area contributed by atoms with Crippen molar-refractivity contribution in [2.24, 2.45) is 0 Å². The number of piperidine rings is 1. The third kappa shape index (κ3) is 4.33. The molecule has 4 rings (SSSR count). The Hall–Kier alpha value is -2.09. The third-order valence-electron chi connectivity index (χ3n) is 5.25. The minimum absolute atomic E-state index is 0.233. The van der Waals surface area contributed by atoms with Gasteiger partial charge in [0.15, 0.2) is 15.0 Å². The van der Waals surface area contributed by atoms with Gasteiger partial charge in [-0.3, -0.25) is 0 Å². The lowest BCUT2D eigenvalue weighted by molar-refractivity contribution is 0.340. The van der Waals surface area contributed by atoms with E-state index in [9.17, 15) is 8.42 Å². The van der Waals surface area contributed by atoms with E-state index in [-0.39, 0.29) is 4.90 Å². The quantitative estimate of drug-likeness (QED) is 0.497. The number of anilines is 1. The molecule has 158 valence electrons. The Bertz CT molecular complexity index is 1110. The molecule has 0 unspecified atom stereocenters. The second kappa shape index (κ2) is 8.96. The third-order valence-corrected chi connectivity index (χ3v) is 8.91. The van der Waals surface area contributed by atoms with E-state index in [1.165, 1.54) is 0 Å². The summed E-state index contributed by atoms with van der Waals surface area (Å²) in [4.78, 5) is 7.17. The molecule has 5 nitrogen and oxygen atoms in total. The summed E-state index contributed by atoms with van der Waals surface area (Å²) in [5.41, 5.74) is 1.96. The van der Waals surface area contributed by atoms with Crippen molar-refractivity contribution < 1.29 is 13.2 Å². The van der Waals surface area contributed by atoms with E-state index in [1.807, 2.05) is 36.6 Å². The maximum absolute atomic E-state index is 13.0. The summed E-state index contributed by atoms with van der Waals surface area (Å²) in [6.45, 7) is 3.92. The molecule has 0 radical (unpaired) electrons. The summed E-state index contributed by atoms with van der Waals surface area (Å²) in [6.07, 6.45) is 1.12. The van der Waals surface area contributed by atoms with Crippen LogP contribution in [0.5, 0.6) is 5.75 Å². The zero-order valence-corrected chi connectivity index (χ0v) is 19.0. The topological polar surface area (TPSA) is 59.5 Å². The van der Waals surface area contributed by atoms with Crippen molar-refractivity contribution in [1.82, 2.24) is 4.98 Å². The number of thiazole rings is 1. The van der Waals surface area contributed by atoms with Crippen molar-refractivity contribution in [3.63, 3.8) is 0 Å². The Kier molecular flexibility index (Phi) is 6.32. The van der Waals surface area contributed by atoms with E-state index < -0.39 is 15.1 Å². The fourth-order valence-corrected chi connectivity index (χ4v) is 6.79. The van der Waals surface area contributed by atoms with Crippen LogP contribution in [0.15, 0.2) is 58.8 Å². The van der Waals surface area contributed by atoms with Crippen LogP contribution in [0.1, 0.15) is 19.8 Å². The average molecular weight is 463 g/mol. The van der Waals surface area contributed by atoms with E-state index in [0.29, 0.717) is 37.6 Å². The van der Waals surface area contributed by atoms with Crippen LogP contribution in [0, 0.1) is 0 Å². The van der Waals surface area contributed by atoms with Gasteiger partial charge < -0.3 is 9.64 Å². The zero-order chi connectivity index (χ0) is 21.1. The molecule has 1 aromatic heterocycles. The second-order valence-electron chi connectivity index (χ2n) is 7.13. The van der Waals surface area contributed by atoms with Gasteiger partial charge in [0, 0.05) is 24.0 Å². The number of benzene rings is 2. The normalized spacial score (nSPS) is 15.3. The van der Waals surface area contributed by atoms with Crippen LogP contribution in [-0.2, 0) is 9.84 Å². The van der Waals surface area contributed by atoms with Gasteiger partial charge in [-0.25, -0.2) is 13.4 Å². The molecule has 1 saturated heterocycles. The predicted molar refractivity (Wildman–Crippen MR) is 123 cm³/mol. The van der Waals surface area contributed by atoms with E-state index in [0.717, 1.165) is 22.1 Å². The highest BCUT2D eigenvalue weighted by molar-refractivity contribution is 7.92.